The predicted octanol–water partition coefficient (Wildman–Crippen LogP) is 3.64. The van der Waals surface area contributed by atoms with Crippen LogP contribution in [0.1, 0.15) is 45.2 Å². The minimum absolute atomic E-state index is 0.00412. The second kappa shape index (κ2) is 8.42. The van der Waals surface area contributed by atoms with Crippen molar-refractivity contribution in [3.63, 3.8) is 0 Å². The first-order valence-electron chi connectivity index (χ1n) is 7.17. The van der Waals surface area contributed by atoms with Crippen LogP contribution in [-0.2, 0) is 4.79 Å². The van der Waals surface area contributed by atoms with Crippen LogP contribution in [0.2, 0.25) is 0 Å². The molecule has 0 unspecified atom stereocenters. The van der Waals surface area contributed by atoms with Crippen LogP contribution >= 0.6 is 15.9 Å². The molecule has 0 saturated carbocycles. The van der Waals surface area contributed by atoms with Crippen molar-refractivity contribution in [3.05, 3.63) is 34.3 Å². The van der Waals surface area contributed by atoms with Crippen molar-refractivity contribution in [2.45, 2.75) is 39.7 Å². The molecule has 2 atom stereocenters. The Hall–Kier alpha value is -0.870. The molecular formula is C16H25BrN2O. The summed E-state index contributed by atoms with van der Waals surface area (Å²) >= 11 is 3.51. The number of nitrogens with one attached hydrogen (secondary N) is 1. The Bertz CT molecular complexity index is 434. The zero-order chi connectivity index (χ0) is 15.1. The Kier molecular flexibility index (Phi) is 7.24. The molecule has 0 aliphatic rings. The molecule has 4 heteroatoms. The van der Waals surface area contributed by atoms with Crippen molar-refractivity contribution >= 4 is 21.8 Å². The normalized spacial score (nSPS) is 14.1. The monoisotopic (exact) mass is 340 g/mol. The third kappa shape index (κ3) is 5.63. The minimum atomic E-state index is -0.00412. The maximum absolute atomic E-state index is 12.1. The molecule has 0 fully saturated rings. The first-order chi connectivity index (χ1) is 9.43. The lowest BCUT2D eigenvalue weighted by Crippen LogP contribution is -2.31. The summed E-state index contributed by atoms with van der Waals surface area (Å²) in [6, 6.07) is 7.94. The van der Waals surface area contributed by atoms with Crippen molar-refractivity contribution in [1.82, 2.24) is 5.32 Å². The van der Waals surface area contributed by atoms with Crippen molar-refractivity contribution in [2.75, 3.05) is 6.54 Å². The molecule has 0 aromatic heterocycles. The number of amides is 1. The Morgan fingerprint density at radius 2 is 1.95 bits per heavy atom. The third-order valence-corrected chi connectivity index (χ3v) is 4.08. The lowest BCUT2D eigenvalue weighted by Gasteiger charge is -2.20. The smallest absolute Gasteiger partial charge is 0.220 e. The van der Waals surface area contributed by atoms with E-state index >= 15 is 0 Å². The van der Waals surface area contributed by atoms with E-state index in [9.17, 15) is 4.79 Å². The maximum Gasteiger partial charge on any atom is 0.220 e. The molecule has 1 aromatic rings. The molecule has 1 aromatic carbocycles. The van der Waals surface area contributed by atoms with E-state index in [1.165, 1.54) is 0 Å². The Balaban J connectivity index is 2.55. The number of hydrogen-bond acceptors (Lipinski definition) is 2. The molecule has 0 aliphatic carbocycles. The molecule has 3 nitrogen and oxygen atoms in total. The van der Waals surface area contributed by atoms with Crippen molar-refractivity contribution in [1.29, 1.82) is 0 Å². The minimum Gasteiger partial charge on any atom is -0.350 e. The zero-order valence-electron chi connectivity index (χ0n) is 12.5. The first kappa shape index (κ1) is 17.2. The van der Waals surface area contributed by atoms with Gasteiger partial charge in [0.15, 0.2) is 0 Å². The Morgan fingerprint density at radius 3 is 2.50 bits per heavy atom. The predicted molar refractivity (Wildman–Crippen MR) is 87.3 cm³/mol. The van der Waals surface area contributed by atoms with E-state index in [2.05, 4.69) is 35.1 Å². The molecule has 0 aliphatic heterocycles. The number of carbonyl (C=O) groups is 1. The topological polar surface area (TPSA) is 55.1 Å². The second-order valence-electron chi connectivity index (χ2n) is 5.75. The van der Waals surface area contributed by atoms with Crippen LogP contribution in [-0.4, -0.2) is 12.5 Å². The van der Waals surface area contributed by atoms with E-state index < -0.39 is 0 Å². The van der Waals surface area contributed by atoms with Gasteiger partial charge in [0.25, 0.3) is 0 Å². The molecule has 20 heavy (non-hydrogen) atoms. The largest absolute Gasteiger partial charge is 0.350 e. The van der Waals surface area contributed by atoms with E-state index in [1.807, 2.05) is 31.2 Å². The van der Waals surface area contributed by atoms with Crippen LogP contribution in [0.25, 0.3) is 0 Å². The quantitative estimate of drug-likeness (QED) is 0.796. The summed E-state index contributed by atoms with van der Waals surface area (Å²) in [7, 11) is 0. The molecule has 3 N–H and O–H groups in total. The first-order valence-corrected chi connectivity index (χ1v) is 7.97. The van der Waals surface area contributed by atoms with Gasteiger partial charge >= 0.3 is 0 Å². The SMILES string of the molecule is CC(C)C[C@H](CN)CC(=O)N[C@@H](C)c1ccccc1Br. The molecule has 1 rings (SSSR count). The summed E-state index contributed by atoms with van der Waals surface area (Å²) in [5.41, 5.74) is 6.84. The average molecular weight is 341 g/mol. The van der Waals surface area contributed by atoms with Crippen LogP contribution in [0.3, 0.4) is 0 Å². The van der Waals surface area contributed by atoms with Gasteiger partial charge in [-0.05, 0) is 43.4 Å². The zero-order valence-corrected chi connectivity index (χ0v) is 14.1. The Morgan fingerprint density at radius 1 is 1.30 bits per heavy atom. The molecule has 0 spiro atoms. The van der Waals surface area contributed by atoms with Gasteiger partial charge in [-0.25, -0.2) is 0 Å². The fourth-order valence-electron chi connectivity index (χ4n) is 2.40. The lowest BCUT2D eigenvalue weighted by atomic mass is 9.94. The number of hydrogen-bond donors (Lipinski definition) is 2. The summed E-state index contributed by atoms with van der Waals surface area (Å²) in [4.78, 5) is 12.1. The lowest BCUT2D eigenvalue weighted by molar-refractivity contribution is -0.122. The molecule has 112 valence electrons. The number of benzene rings is 1. The van der Waals surface area contributed by atoms with Crippen LogP contribution in [0, 0.1) is 11.8 Å². The molecular weight excluding hydrogens is 316 g/mol. The highest BCUT2D eigenvalue weighted by molar-refractivity contribution is 9.10. The summed E-state index contributed by atoms with van der Waals surface area (Å²) in [5, 5.41) is 3.05. The second-order valence-corrected chi connectivity index (χ2v) is 6.60. The number of rotatable bonds is 7. The number of nitrogens with two attached hydrogens (primary N) is 1. The van der Waals surface area contributed by atoms with Crippen molar-refractivity contribution < 1.29 is 4.79 Å². The van der Waals surface area contributed by atoms with Gasteiger partial charge in [-0.1, -0.05) is 48.0 Å². The van der Waals surface area contributed by atoms with Gasteiger partial charge in [0.1, 0.15) is 0 Å². The van der Waals surface area contributed by atoms with Gasteiger partial charge in [-0.15, -0.1) is 0 Å². The van der Waals surface area contributed by atoms with Gasteiger partial charge in [-0.2, -0.15) is 0 Å². The van der Waals surface area contributed by atoms with Gasteiger partial charge < -0.3 is 11.1 Å². The van der Waals surface area contributed by atoms with E-state index in [0.717, 1.165) is 16.5 Å². The van der Waals surface area contributed by atoms with Gasteiger partial charge in [0, 0.05) is 10.9 Å². The van der Waals surface area contributed by atoms with Crippen molar-refractivity contribution in [3.8, 4) is 0 Å². The Labute approximate surface area is 130 Å². The van der Waals surface area contributed by atoms with Crippen LogP contribution in [0.5, 0.6) is 0 Å². The van der Waals surface area contributed by atoms with Gasteiger partial charge in [0.05, 0.1) is 6.04 Å². The molecule has 1 amide bonds. The maximum atomic E-state index is 12.1. The molecule has 0 saturated heterocycles. The number of halogens is 1. The van der Waals surface area contributed by atoms with Crippen molar-refractivity contribution in [2.24, 2.45) is 17.6 Å². The summed E-state index contributed by atoms with van der Waals surface area (Å²) in [6.07, 6.45) is 1.50. The standard InChI is InChI=1S/C16H25BrN2O/c1-11(2)8-13(10-18)9-16(20)19-12(3)14-6-4-5-7-15(14)17/h4-7,11-13H,8-10,18H2,1-3H3,(H,19,20)/t12-,13-/m0/s1. The van der Waals surface area contributed by atoms with Gasteiger partial charge in [0.2, 0.25) is 5.91 Å². The van der Waals surface area contributed by atoms with Crippen LogP contribution in [0.4, 0.5) is 0 Å². The summed E-state index contributed by atoms with van der Waals surface area (Å²) in [5.74, 6) is 0.905. The van der Waals surface area contributed by atoms with E-state index in [1.54, 1.807) is 0 Å². The van der Waals surface area contributed by atoms with Gasteiger partial charge in [-0.3, -0.25) is 4.79 Å². The fraction of sp³-hybridized carbons (Fsp3) is 0.562. The average Bonchev–Trinajstić information content (AvgIpc) is 2.37. The summed E-state index contributed by atoms with van der Waals surface area (Å²) < 4.78 is 1.02. The van der Waals surface area contributed by atoms with E-state index in [0.29, 0.717) is 18.9 Å². The molecule has 0 radical (unpaired) electrons. The van der Waals surface area contributed by atoms with E-state index in [-0.39, 0.29) is 17.9 Å². The highest BCUT2D eigenvalue weighted by Crippen LogP contribution is 2.23. The number of carbonyl (C=O) groups excluding carboxylic acids is 1. The fourth-order valence-corrected chi connectivity index (χ4v) is 3.02. The van der Waals surface area contributed by atoms with Crippen LogP contribution < -0.4 is 11.1 Å². The molecule has 0 bridgehead atoms. The third-order valence-electron chi connectivity index (χ3n) is 3.36. The highest BCUT2D eigenvalue weighted by atomic mass is 79.9. The summed E-state index contributed by atoms with van der Waals surface area (Å²) in [6.45, 7) is 6.88. The van der Waals surface area contributed by atoms with Crippen LogP contribution in [0.15, 0.2) is 28.7 Å². The highest BCUT2D eigenvalue weighted by Gasteiger charge is 2.17. The molecule has 0 heterocycles. The van der Waals surface area contributed by atoms with E-state index in [4.69, 9.17) is 5.73 Å².